The van der Waals surface area contributed by atoms with Gasteiger partial charge in [-0.2, -0.15) is 0 Å². The van der Waals surface area contributed by atoms with Crippen LogP contribution in [-0.2, 0) is 17.7 Å². The highest BCUT2D eigenvalue weighted by molar-refractivity contribution is 6.14. The fraction of sp³-hybridized carbons (Fsp3) is 0.333. The summed E-state index contributed by atoms with van der Waals surface area (Å²) in [6.45, 7) is 2.54. The van der Waals surface area contributed by atoms with Crippen LogP contribution in [-0.4, -0.2) is 63.6 Å². The molecule has 0 saturated carbocycles. The first-order chi connectivity index (χ1) is 18.6. The molecule has 2 aromatic heterocycles. The van der Waals surface area contributed by atoms with Crippen LogP contribution in [0.2, 0.25) is 0 Å². The molecular weight excluding hydrogens is 486 g/mol. The second-order valence-electron chi connectivity index (χ2n) is 9.06. The summed E-state index contributed by atoms with van der Waals surface area (Å²) in [5.41, 5.74) is 1.56. The van der Waals surface area contributed by atoms with Crippen LogP contribution in [0, 0.1) is 5.92 Å². The van der Waals surface area contributed by atoms with E-state index in [4.69, 9.17) is 9.47 Å². The van der Waals surface area contributed by atoms with E-state index in [0.717, 1.165) is 35.6 Å². The number of aromatic nitrogens is 5. The molecule has 11 nitrogen and oxygen atoms in total. The van der Waals surface area contributed by atoms with Gasteiger partial charge in [0.25, 0.3) is 11.8 Å². The van der Waals surface area contributed by atoms with Crippen LogP contribution in [0.1, 0.15) is 39.3 Å². The van der Waals surface area contributed by atoms with E-state index >= 15 is 0 Å². The smallest absolute Gasteiger partial charge is 0.273 e. The Labute approximate surface area is 219 Å². The van der Waals surface area contributed by atoms with Crippen molar-refractivity contribution in [2.45, 2.75) is 25.8 Å². The van der Waals surface area contributed by atoms with Crippen molar-refractivity contribution in [1.29, 1.82) is 0 Å². The van der Waals surface area contributed by atoms with Gasteiger partial charge in [-0.3, -0.25) is 14.3 Å². The number of hydrogen-bond acceptors (Lipinski definition) is 8. The molecule has 196 valence electrons. The van der Waals surface area contributed by atoms with E-state index in [-0.39, 0.29) is 23.3 Å². The summed E-state index contributed by atoms with van der Waals surface area (Å²) in [7, 11) is 1.45. The maximum absolute atomic E-state index is 13.4. The molecule has 0 bridgehead atoms. The molecule has 1 fully saturated rings. The van der Waals surface area contributed by atoms with Gasteiger partial charge in [0.05, 0.1) is 19.5 Å². The monoisotopic (exact) mass is 515 g/mol. The molecule has 0 spiro atoms. The minimum atomic E-state index is -0.425. The van der Waals surface area contributed by atoms with E-state index in [0.29, 0.717) is 37.8 Å². The molecule has 11 heteroatoms. The minimum Gasteiger partial charge on any atom is -0.480 e. The fourth-order valence-electron chi connectivity index (χ4n) is 4.53. The first-order valence-electron chi connectivity index (χ1n) is 12.6. The van der Waals surface area contributed by atoms with Gasteiger partial charge >= 0.3 is 0 Å². The Morgan fingerprint density at radius 2 is 1.92 bits per heavy atom. The summed E-state index contributed by atoms with van der Waals surface area (Å²) in [4.78, 5) is 35.0. The zero-order chi connectivity index (χ0) is 26.3. The van der Waals surface area contributed by atoms with Crippen LogP contribution in [0.3, 0.4) is 0 Å². The fourth-order valence-corrected chi connectivity index (χ4v) is 4.53. The van der Waals surface area contributed by atoms with Crippen molar-refractivity contribution in [3.63, 3.8) is 0 Å². The average Bonchev–Trinajstić information content (AvgIpc) is 3.49. The van der Waals surface area contributed by atoms with Gasteiger partial charge in [-0.25, -0.2) is 9.97 Å². The van der Waals surface area contributed by atoms with Gasteiger partial charge in [0, 0.05) is 38.1 Å². The van der Waals surface area contributed by atoms with Crippen molar-refractivity contribution < 1.29 is 19.1 Å². The average molecular weight is 516 g/mol. The van der Waals surface area contributed by atoms with Crippen molar-refractivity contribution in [3.05, 3.63) is 71.8 Å². The Morgan fingerprint density at radius 3 is 2.68 bits per heavy atom. The van der Waals surface area contributed by atoms with Gasteiger partial charge in [-0.05, 0) is 47.6 Å². The summed E-state index contributed by atoms with van der Waals surface area (Å²) in [5, 5.41) is 15.3. The number of fused-ring (bicyclic) bond motifs is 1. The minimum absolute atomic E-state index is 0.00137. The maximum Gasteiger partial charge on any atom is 0.273 e. The molecule has 2 aromatic carbocycles. The van der Waals surface area contributed by atoms with Gasteiger partial charge in [0.2, 0.25) is 5.88 Å². The zero-order valence-corrected chi connectivity index (χ0v) is 21.1. The third-order valence-corrected chi connectivity index (χ3v) is 6.64. The van der Waals surface area contributed by atoms with Crippen LogP contribution in [0.25, 0.3) is 10.8 Å². The Bertz CT molecular complexity index is 1420. The SMILES string of the molecule is COc1cnc(NC(=O)c2ccc(CCn3ccnn3)c3ccccc23)c(C(=O)NCC2CCOCC2)n1. The highest BCUT2D eigenvalue weighted by atomic mass is 16.5. The lowest BCUT2D eigenvalue weighted by Gasteiger charge is -2.22. The van der Waals surface area contributed by atoms with Gasteiger partial charge in [0.1, 0.15) is 0 Å². The number of carbonyl (C=O) groups is 2. The van der Waals surface area contributed by atoms with Gasteiger partial charge in [0.15, 0.2) is 11.5 Å². The number of ether oxygens (including phenoxy) is 2. The highest BCUT2D eigenvalue weighted by Gasteiger charge is 2.22. The Hall–Kier alpha value is -4.38. The van der Waals surface area contributed by atoms with Crippen molar-refractivity contribution >= 4 is 28.4 Å². The van der Waals surface area contributed by atoms with Crippen molar-refractivity contribution in [2.24, 2.45) is 5.92 Å². The lowest BCUT2D eigenvalue weighted by Crippen LogP contribution is -2.33. The molecule has 1 aliphatic rings. The van der Waals surface area contributed by atoms with Crippen LogP contribution >= 0.6 is 0 Å². The van der Waals surface area contributed by atoms with Crippen LogP contribution in [0.4, 0.5) is 5.82 Å². The lowest BCUT2D eigenvalue weighted by atomic mass is 9.97. The van der Waals surface area contributed by atoms with E-state index in [1.165, 1.54) is 13.3 Å². The van der Waals surface area contributed by atoms with Gasteiger partial charge < -0.3 is 20.1 Å². The van der Waals surface area contributed by atoms with E-state index in [2.05, 4.69) is 30.9 Å². The topological polar surface area (TPSA) is 133 Å². The molecule has 0 radical (unpaired) electrons. The third kappa shape index (κ3) is 5.78. The molecular formula is C27H29N7O4. The number of nitrogens with one attached hydrogen (secondary N) is 2. The second-order valence-corrected chi connectivity index (χ2v) is 9.06. The first-order valence-corrected chi connectivity index (χ1v) is 12.6. The third-order valence-electron chi connectivity index (χ3n) is 6.64. The molecule has 2 N–H and O–H groups in total. The Morgan fingerprint density at radius 1 is 1.11 bits per heavy atom. The number of anilines is 1. The predicted molar refractivity (Wildman–Crippen MR) is 140 cm³/mol. The standard InChI is InChI=1S/C27H29N7O4/c1-37-23-17-28-25(24(31-23)27(36)29-16-18-9-14-38-15-10-18)32-26(35)22-7-6-19(8-12-34-13-11-30-33-34)20-4-2-3-5-21(20)22/h2-7,11,13,17-18H,8-10,12,14-16H2,1H3,(H,29,36)(H,28,32,35). The number of methoxy groups -OCH3 is 1. The highest BCUT2D eigenvalue weighted by Crippen LogP contribution is 2.25. The number of benzene rings is 2. The van der Waals surface area contributed by atoms with Crippen LogP contribution in [0.15, 0.2) is 55.0 Å². The van der Waals surface area contributed by atoms with Crippen LogP contribution < -0.4 is 15.4 Å². The summed E-state index contributed by atoms with van der Waals surface area (Å²) < 4.78 is 12.3. The number of hydrogen-bond donors (Lipinski definition) is 2. The number of rotatable bonds is 9. The molecule has 38 heavy (non-hydrogen) atoms. The number of aryl methyl sites for hydroxylation is 2. The summed E-state index contributed by atoms with van der Waals surface area (Å²) in [6, 6.07) is 11.5. The van der Waals surface area contributed by atoms with E-state index in [9.17, 15) is 9.59 Å². The van der Waals surface area contributed by atoms with Gasteiger partial charge in [-0.1, -0.05) is 35.5 Å². The molecule has 0 unspecified atom stereocenters. The van der Waals surface area contributed by atoms with Crippen molar-refractivity contribution in [3.8, 4) is 5.88 Å². The summed E-state index contributed by atoms with van der Waals surface area (Å²) in [6.07, 6.45) is 7.33. The van der Waals surface area contributed by atoms with E-state index in [1.54, 1.807) is 16.9 Å². The summed E-state index contributed by atoms with van der Waals surface area (Å²) in [5.74, 6) is -0.228. The van der Waals surface area contributed by atoms with Crippen molar-refractivity contribution in [2.75, 3.05) is 32.2 Å². The quantitative estimate of drug-likeness (QED) is 0.348. The number of nitrogens with zero attached hydrogens (tertiary/aromatic N) is 5. The molecule has 4 aromatic rings. The molecule has 0 atom stereocenters. The number of amides is 2. The largest absolute Gasteiger partial charge is 0.480 e. The van der Waals surface area contributed by atoms with Crippen molar-refractivity contribution in [1.82, 2.24) is 30.3 Å². The maximum atomic E-state index is 13.4. The van der Waals surface area contributed by atoms with E-state index < -0.39 is 5.91 Å². The second kappa shape index (κ2) is 11.8. The molecule has 0 aliphatic carbocycles. The van der Waals surface area contributed by atoms with Crippen LogP contribution in [0.5, 0.6) is 5.88 Å². The lowest BCUT2D eigenvalue weighted by molar-refractivity contribution is 0.0642. The molecule has 3 heterocycles. The Balaban J connectivity index is 1.36. The molecule has 1 aliphatic heterocycles. The normalized spacial score (nSPS) is 13.8. The zero-order valence-electron chi connectivity index (χ0n) is 21.1. The van der Waals surface area contributed by atoms with Gasteiger partial charge in [-0.15, -0.1) is 5.10 Å². The number of carbonyl (C=O) groups excluding carboxylic acids is 2. The molecule has 2 amide bonds. The molecule has 5 rings (SSSR count). The Kier molecular flexibility index (Phi) is 7.84. The molecule has 1 saturated heterocycles. The predicted octanol–water partition coefficient (Wildman–Crippen LogP) is 2.88. The van der Waals surface area contributed by atoms with E-state index in [1.807, 2.05) is 36.5 Å². The summed E-state index contributed by atoms with van der Waals surface area (Å²) >= 11 is 0. The first kappa shape index (κ1) is 25.3.